The van der Waals surface area contributed by atoms with Crippen molar-refractivity contribution in [2.45, 2.75) is 44.2 Å². The van der Waals surface area contributed by atoms with Crippen molar-refractivity contribution in [3.63, 3.8) is 0 Å². The molecule has 10 nitrogen and oxygen atoms in total. The van der Waals surface area contributed by atoms with Crippen LogP contribution < -0.4 is 5.73 Å². The number of nitrogens with two attached hydrogens (primary N) is 1. The Balaban J connectivity index is 1.70. The number of carbonyl (C=O) groups excluding carboxylic acids is 3. The monoisotopic (exact) mass is 498 g/mol. The van der Waals surface area contributed by atoms with Gasteiger partial charge < -0.3 is 30.9 Å². The molecule has 3 aliphatic carbocycles. The van der Waals surface area contributed by atoms with Crippen LogP contribution in [-0.2, 0) is 32.0 Å². The second-order valence-electron chi connectivity index (χ2n) is 9.99. The molecule has 10 heteroatoms. The number of benzene rings is 1. The number of carbonyl (C=O) groups is 3. The third kappa shape index (κ3) is 3.31. The molecule has 0 aromatic heterocycles. The van der Waals surface area contributed by atoms with Gasteiger partial charge in [0, 0.05) is 24.6 Å². The Labute approximate surface area is 207 Å². The number of morpholine rings is 1. The Bertz CT molecular complexity index is 1230. The summed E-state index contributed by atoms with van der Waals surface area (Å²) in [6.45, 7) is 3.33. The van der Waals surface area contributed by atoms with Crippen LogP contribution in [-0.4, -0.2) is 80.7 Å². The Morgan fingerprint density at radius 2 is 1.89 bits per heavy atom. The summed E-state index contributed by atoms with van der Waals surface area (Å²) < 4.78 is 5.39. The summed E-state index contributed by atoms with van der Waals surface area (Å²) in [6, 6.07) is 2.18. The maximum atomic E-state index is 13.9. The molecule has 0 radical (unpaired) electrons. The number of phenols is 1. The van der Waals surface area contributed by atoms with Gasteiger partial charge >= 0.3 is 0 Å². The molecule has 5 rings (SSSR count). The fourth-order valence-electron chi connectivity index (χ4n) is 6.49. The standard InChI is InChI=1S/C26H30N2O8/c1-2-3-12-4-5-16(29)18-14(12)10-13-11-15-20(28-6-8-36-9-7-28)22(31)19(25(27)34)24(33)26(15,35)23(32)17(13)21(18)30/h4-5,13,15,20,29-30,33,35H,2-3,6-11H2,1H3,(H2,27,34)/t13-,15-,20+,26-/m0/s1. The van der Waals surface area contributed by atoms with Crippen LogP contribution in [0.25, 0.3) is 5.76 Å². The molecular formula is C26H30N2O8. The summed E-state index contributed by atoms with van der Waals surface area (Å²) in [5, 5.41) is 44.6. The third-order valence-corrected chi connectivity index (χ3v) is 8.10. The van der Waals surface area contributed by atoms with Gasteiger partial charge in [0.2, 0.25) is 5.78 Å². The summed E-state index contributed by atoms with van der Waals surface area (Å²) >= 11 is 0. The molecule has 1 saturated heterocycles. The first-order valence-electron chi connectivity index (χ1n) is 12.3. The molecule has 0 spiro atoms. The molecule has 192 valence electrons. The normalized spacial score (nSPS) is 30.7. The van der Waals surface area contributed by atoms with E-state index < -0.39 is 58.0 Å². The molecular weight excluding hydrogens is 468 g/mol. The number of Topliss-reactive ketones (excluding diaryl/α,β-unsaturated/α-hetero) is 2. The number of amides is 1. The highest BCUT2D eigenvalue weighted by molar-refractivity contribution is 6.24. The highest BCUT2D eigenvalue weighted by Crippen LogP contribution is 2.53. The molecule has 1 saturated carbocycles. The Morgan fingerprint density at radius 3 is 2.53 bits per heavy atom. The van der Waals surface area contributed by atoms with Crippen LogP contribution in [0.15, 0.2) is 29.0 Å². The van der Waals surface area contributed by atoms with Gasteiger partial charge in [-0.05, 0) is 42.4 Å². The smallest absolute Gasteiger partial charge is 0.255 e. The van der Waals surface area contributed by atoms with E-state index in [1.54, 1.807) is 11.0 Å². The second-order valence-corrected chi connectivity index (χ2v) is 9.99. The van der Waals surface area contributed by atoms with Crippen LogP contribution in [0.4, 0.5) is 0 Å². The van der Waals surface area contributed by atoms with Crippen LogP contribution in [0.1, 0.15) is 36.5 Å². The average molecular weight is 499 g/mol. The van der Waals surface area contributed by atoms with Gasteiger partial charge in [0.05, 0.1) is 24.8 Å². The summed E-state index contributed by atoms with van der Waals surface area (Å²) in [6.07, 6.45) is 1.95. The number of hydrogen-bond acceptors (Lipinski definition) is 9. The Morgan fingerprint density at radius 1 is 1.19 bits per heavy atom. The summed E-state index contributed by atoms with van der Waals surface area (Å²) in [5.74, 6) is -6.34. The average Bonchev–Trinajstić information content (AvgIpc) is 2.83. The maximum Gasteiger partial charge on any atom is 0.255 e. The fraction of sp³-hybridized carbons (Fsp3) is 0.500. The predicted octanol–water partition coefficient (Wildman–Crippen LogP) is 0.687. The lowest BCUT2D eigenvalue weighted by Crippen LogP contribution is -2.67. The van der Waals surface area contributed by atoms with Crippen molar-refractivity contribution >= 4 is 23.2 Å². The Hall–Kier alpha value is -3.21. The van der Waals surface area contributed by atoms with E-state index in [0.717, 1.165) is 17.5 Å². The van der Waals surface area contributed by atoms with Gasteiger partial charge in [-0.25, -0.2) is 0 Å². The van der Waals surface area contributed by atoms with E-state index in [2.05, 4.69) is 0 Å². The summed E-state index contributed by atoms with van der Waals surface area (Å²) in [5.41, 5.74) is 3.65. The molecule has 1 heterocycles. The van der Waals surface area contributed by atoms with E-state index in [4.69, 9.17) is 10.5 Å². The van der Waals surface area contributed by atoms with Crippen LogP contribution in [0.2, 0.25) is 0 Å². The second kappa shape index (κ2) is 8.72. The molecule has 1 amide bonds. The molecule has 0 unspecified atom stereocenters. The number of phenolic OH excluding ortho intramolecular Hbond substituents is 1. The number of aromatic hydroxyl groups is 1. The van der Waals surface area contributed by atoms with E-state index in [9.17, 15) is 34.8 Å². The number of ketones is 2. The quantitative estimate of drug-likeness (QED) is 0.375. The Kier molecular flexibility index (Phi) is 5.93. The number of hydrogen-bond donors (Lipinski definition) is 5. The van der Waals surface area contributed by atoms with E-state index in [1.165, 1.54) is 6.07 Å². The molecule has 0 bridgehead atoms. The minimum absolute atomic E-state index is 0.0894. The molecule has 2 fully saturated rings. The van der Waals surface area contributed by atoms with Crippen LogP contribution in [0.3, 0.4) is 0 Å². The molecule has 4 atom stereocenters. The lowest BCUT2D eigenvalue weighted by Gasteiger charge is -2.51. The van der Waals surface area contributed by atoms with E-state index in [1.807, 2.05) is 6.92 Å². The van der Waals surface area contributed by atoms with Crippen molar-refractivity contribution in [3.05, 3.63) is 45.7 Å². The summed E-state index contributed by atoms with van der Waals surface area (Å²) in [4.78, 5) is 41.3. The van der Waals surface area contributed by atoms with E-state index in [-0.39, 0.29) is 23.3 Å². The van der Waals surface area contributed by atoms with Crippen molar-refractivity contribution in [2.75, 3.05) is 26.3 Å². The first-order chi connectivity index (χ1) is 17.1. The van der Waals surface area contributed by atoms with E-state index >= 15 is 0 Å². The zero-order valence-corrected chi connectivity index (χ0v) is 20.0. The minimum Gasteiger partial charge on any atom is -0.508 e. The van der Waals surface area contributed by atoms with Crippen molar-refractivity contribution < 1.29 is 39.5 Å². The number of aliphatic hydroxyl groups is 3. The zero-order valence-electron chi connectivity index (χ0n) is 20.0. The molecule has 36 heavy (non-hydrogen) atoms. The SMILES string of the molecule is CCCc1ccc(O)c2c1C[C@H]1C[C@H]3[C@@H](N4CCOCC4)C(=O)C(C(N)=O)=C(O)[C@@]3(O)C(=O)C1=C2O. The summed E-state index contributed by atoms with van der Waals surface area (Å²) in [7, 11) is 0. The van der Waals surface area contributed by atoms with Gasteiger partial charge in [-0.3, -0.25) is 19.3 Å². The number of rotatable bonds is 4. The topological polar surface area (TPSA) is 171 Å². The van der Waals surface area contributed by atoms with E-state index in [0.29, 0.717) is 39.1 Å². The lowest BCUT2D eigenvalue weighted by atomic mass is 9.57. The molecule has 6 N–H and O–H groups in total. The van der Waals surface area contributed by atoms with Gasteiger partial charge in [-0.15, -0.1) is 0 Å². The lowest BCUT2D eigenvalue weighted by molar-refractivity contribution is -0.157. The van der Waals surface area contributed by atoms with Gasteiger partial charge in [0.15, 0.2) is 11.4 Å². The maximum absolute atomic E-state index is 13.9. The molecule has 1 aromatic rings. The predicted molar refractivity (Wildman–Crippen MR) is 127 cm³/mol. The van der Waals surface area contributed by atoms with Gasteiger partial charge in [-0.1, -0.05) is 19.4 Å². The van der Waals surface area contributed by atoms with Crippen molar-refractivity contribution in [3.8, 4) is 5.75 Å². The first kappa shape index (κ1) is 24.5. The van der Waals surface area contributed by atoms with Crippen LogP contribution >= 0.6 is 0 Å². The van der Waals surface area contributed by atoms with Gasteiger partial charge in [0.1, 0.15) is 22.8 Å². The first-order valence-corrected chi connectivity index (χ1v) is 12.3. The number of aryl methyl sites for hydroxylation is 1. The number of fused-ring (bicyclic) bond motifs is 3. The van der Waals surface area contributed by atoms with Crippen molar-refractivity contribution in [1.82, 2.24) is 4.90 Å². The zero-order chi connectivity index (χ0) is 25.9. The number of primary amides is 1. The fourth-order valence-corrected chi connectivity index (χ4v) is 6.49. The molecule has 1 aliphatic heterocycles. The van der Waals surface area contributed by atoms with Crippen LogP contribution in [0, 0.1) is 11.8 Å². The number of aliphatic hydroxyl groups excluding tert-OH is 2. The van der Waals surface area contributed by atoms with Gasteiger partial charge in [0.25, 0.3) is 5.91 Å². The highest BCUT2D eigenvalue weighted by atomic mass is 16.5. The molecule has 4 aliphatic rings. The number of ether oxygens (including phenoxy) is 1. The largest absolute Gasteiger partial charge is 0.508 e. The van der Waals surface area contributed by atoms with Crippen LogP contribution in [0.5, 0.6) is 5.75 Å². The number of nitrogens with zero attached hydrogens (tertiary/aromatic N) is 1. The van der Waals surface area contributed by atoms with Gasteiger partial charge in [-0.2, -0.15) is 0 Å². The third-order valence-electron chi connectivity index (χ3n) is 8.10. The van der Waals surface area contributed by atoms with Crippen molar-refractivity contribution in [1.29, 1.82) is 0 Å². The highest BCUT2D eigenvalue weighted by Gasteiger charge is 2.64. The minimum atomic E-state index is -2.63. The molecule has 1 aromatic carbocycles. The van der Waals surface area contributed by atoms with Crippen molar-refractivity contribution in [2.24, 2.45) is 17.6 Å².